The van der Waals surface area contributed by atoms with Crippen LogP contribution in [0.25, 0.3) is 5.65 Å². The lowest BCUT2D eigenvalue weighted by molar-refractivity contribution is 0.0604. The number of carbonyl (C=O) groups is 1. The highest BCUT2D eigenvalue weighted by molar-refractivity contribution is 5.69. The van der Waals surface area contributed by atoms with Crippen molar-refractivity contribution in [3.05, 3.63) is 35.4 Å². The molecule has 1 saturated carbocycles. The number of fused-ring (bicyclic) bond motifs is 1. The van der Waals surface area contributed by atoms with Gasteiger partial charge in [0.15, 0.2) is 23.7 Å². The van der Waals surface area contributed by atoms with Crippen molar-refractivity contribution in [2.24, 2.45) is 0 Å². The van der Waals surface area contributed by atoms with Gasteiger partial charge in [-0.05, 0) is 32.6 Å². The molecule has 0 bridgehead atoms. The molecule has 4 N–H and O–H groups in total. The summed E-state index contributed by atoms with van der Waals surface area (Å²) in [5.74, 6) is 0.706. The Labute approximate surface area is 199 Å². The molecule has 0 unspecified atom stereocenters. The number of rotatable bonds is 8. The minimum Gasteiger partial charge on any atom is -0.441 e. The molecule has 3 aromatic heterocycles. The molecule has 1 saturated heterocycles. The number of hydrogen-bond acceptors (Lipinski definition) is 9. The fourth-order valence-corrected chi connectivity index (χ4v) is 3.98. The highest BCUT2D eigenvalue weighted by Crippen LogP contribution is 2.36. The molecule has 184 valence electrons. The molecule has 2 aliphatic rings. The smallest absolute Gasteiger partial charge is 0.408 e. The van der Waals surface area contributed by atoms with Crippen LogP contribution in [0, 0.1) is 11.3 Å². The summed E-state index contributed by atoms with van der Waals surface area (Å²) in [6.45, 7) is 1.80. The van der Waals surface area contributed by atoms with Gasteiger partial charge in [-0.15, -0.1) is 0 Å². The molecule has 2 fully saturated rings. The lowest BCUT2D eigenvalue weighted by atomic mass is 10.1. The summed E-state index contributed by atoms with van der Waals surface area (Å²) in [4.78, 5) is 20.8. The molecule has 1 amide bonds. The summed E-state index contributed by atoms with van der Waals surface area (Å²) < 4.78 is 27.4. The Morgan fingerprint density at radius 1 is 1.51 bits per heavy atom. The number of anilines is 2. The van der Waals surface area contributed by atoms with E-state index in [2.05, 4.69) is 36.9 Å². The summed E-state index contributed by atoms with van der Waals surface area (Å²) in [7, 11) is 0. The van der Waals surface area contributed by atoms with Gasteiger partial charge in [-0.25, -0.2) is 19.2 Å². The SMILES string of the molecule is CC1(NC(=O)O[C@H]2CO[C@@H](c3cc(Nc4nc(CCCO)c(C#N)c5nccn45)n[nH]3)[C@H]2F)CC1. The monoisotopic (exact) mass is 484 g/mol. The number of nitriles is 1. The number of H-pyrrole nitrogens is 1. The molecule has 1 aliphatic heterocycles. The molecule has 3 aromatic rings. The number of amides is 1. The van der Waals surface area contributed by atoms with E-state index in [0.717, 1.165) is 12.8 Å². The van der Waals surface area contributed by atoms with Crippen LogP contribution in [0.1, 0.15) is 49.2 Å². The minimum absolute atomic E-state index is 0.0326. The van der Waals surface area contributed by atoms with E-state index < -0.39 is 24.5 Å². The third-order valence-electron chi connectivity index (χ3n) is 6.20. The maximum atomic E-state index is 15.0. The van der Waals surface area contributed by atoms with Crippen molar-refractivity contribution in [3.8, 4) is 6.07 Å². The first-order valence-corrected chi connectivity index (χ1v) is 11.3. The standard InChI is InChI=1S/C22H25FN8O4/c1-22(4-5-22)28-21(33)35-15-11-34-18(17(15)23)14-9-16(30-29-14)27-20-26-13(3-2-8-32)12(10-24)19-25-6-7-31(19)20/h6-7,9,15,17-18,32H,2-5,8,11H2,1H3,(H,28,33)(H2,26,27,29,30)/t15-,17-,18-/m0/s1. The van der Waals surface area contributed by atoms with Crippen LogP contribution in [0.2, 0.25) is 0 Å². The predicted molar refractivity (Wildman–Crippen MR) is 120 cm³/mol. The van der Waals surface area contributed by atoms with E-state index in [4.69, 9.17) is 9.47 Å². The van der Waals surface area contributed by atoms with Gasteiger partial charge in [0.25, 0.3) is 0 Å². The Balaban J connectivity index is 1.30. The first-order chi connectivity index (χ1) is 16.9. The second-order valence-electron chi connectivity index (χ2n) is 8.98. The number of alkyl carbamates (subject to hydrolysis) is 1. The van der Waals surface area contributed by atoms with Gasteiger partial charge in [-0.1, -0.05) is 0 Å². The third-order valence-corrected chi connectivity index (χ3v) is 6.20. The van der Waals surface area contributed by atoms with Gasteiger partial charge in [0.05, 0.1) is 18.0 Å². The second kappa shape index (κ2) is 9.12. The molecular formula is C22H25FN8O4. The number of aliphatic hydroxyl groups is 1. The number of carbonyl (C=O) groups excluding carboxylic acids is 1. The van der Waals surface area contributed by atoms with E-state index >= 15 is 4.39 Å². The molecule has 3 atom stereocenters. The Kier molecular flexibility index (Phi) is 6.00. The lowest BCUT2D eigenvalue weighted by Gasteiger charge is -2.17. The van der Waals surface area contributed by atoms with Gasteiger partial charge in [-0.2, -0.15) is 10.4 Å². The van der Waals surface area contributed by atoms with Crippen molar-refractivity contribution in [3.63, 3.8) is 0 Å². The molecule has 0 radical (unpaired) electrons. The van der Waals surface area contributed by atoms with Crippen LogP contribution in [0.15, 0.2) is 18.5 Å². The lowest BCUT2D eigenvalue weighted by Crippen LogP contribution is -2.39. The van der Waals surface area contributed by atoms with Gasteiger partial charge in [0.1, 0.15) is 17.7 Å². The molecule has 5 rings (SSSR count). The van der Waals surface area contributed by atoms with Gasteiger partial charge in [-0.3, -0.25) is 9.50 Å². The minimum atomic E-state index is -1.57. The van der Waals surface area contributed by atoms with Crippen molar-refractivity contribution in [1.29, 1.82) is 5.26 Å². The van der Waals surface area contributed by atoms with Crippen LogP contribution in [0.3, 0.4) is 0 Å². The first-order valence-electron chi connectivity index (χ1n) is 11.3. The number of aliphatic hydroxyl groups excluding tert-OH is 1. The number of halogens is 1. The highest BCUT2D eigenvalue weighted by atomic mass is 19.1. The fraction of sp³-hybridized carbons (Fsp3) is 0.500. The quantitative estimate of drug-likeness (QED) is 0.375. The number of nitrogens with zero attached hydrogens (tertiary/aromatic N) is 5. The number of aromatic amines is 1. The van der Waals surface area contributed by atoms with E-state index in [-0.39, 0.29) is 18.8 Å². The van der Waals surface area contributed by atoms with E-state index in [1.165, 1.54) is 0 Å². The van der Waals surface area contributed by atoms with Gasteiger partial charge < -0.3 is 25.2 Å². The van der Waals surface area contributed by atoms with Gasteiger partial charge in [0, 0.05) is 30.6 Å². The largest absolute Gasteiger partial charge is 0.441 e. The first kappa shape index (κ1) is 23.0. The molecule has 1 aliphatic carbocycles. The van der Waals surface area contributed by atoms with Crippen LogP contribution >= 0.6 is 0 Å². The van der Waals surface area contributed by atoms with Crippen LogP contribution in [-0.2, 0) is 15.9 Å². The Morgan fingerprint density at radius 3 is 3.09 bits per heavy atom. The Hall–Kier alpha value is -3.76. The van der Waals surface area contributed by atoms with Gasteiger partial charge in [0.2, 0.25) is 5.95 Å². The van der Waals surface area contributed by atoms with E-state index in [1.54, 1.807) is 22.9 Å². The van der Waals surface area contributed by atoms with E-state index in [9.17, 15) is 15.2 Å². The topological polar surface area (TPSA) is 162 Å². The van der Waals surface area contributed by atoms with Crippen LogP contribution < -0.4 is 10.6 Å². The fourth-order valence-electron chi connectivity index (χ4n) is 3.98. The summed E-state index contributed by atoms with van der Waals surface area (Å²) in [5, 5.41) is 31.5. The second-order valence-corrected chi connectivity index (χ2v) is 8.98. The average molecular weight is 484 g/mol. The Morgan fingerprint density at radius 2 is 2.34 bits per heavy atom. The number of aromatic nitrogens is 5. The molecule has 4 heterocycles. The molecule has 13 heteroatoms. The van der Waals surface area contributed by atoms with Crippen molar-refractivity contribution < 1.29 is 23.8 Å². The van der Waals surface area contributed by atoms with Crippen molar-refractivity contribution in [1.82, 2.24) is 29.9 Å². The predicted octanol–water partition coefficient (Wildman–Crippen LogP) is 2.05. The molecular weight excluding hydrogens is 459 g/mol. The summed E-state index contributed by atoms with van der Waals surface area (Å²) in [5.41, 5.74) is 1.37. The third kappa shape index (κ3) is 4.62. The number of alkyl halides is 1. The zero-order valence-corrected chi connectivity index (χ0v) is 19.0. The number of hydrogen-bond donors (Lipinski definition) is 4. The molecule has 35 heavy (non-hydrogen) atoms. The number of nitrogens with one attached hydrogen (secondary N) is 3. The van der Waals surface area contributed by atoms with Crippen molar-refractivity contribution >= 4 is 23.5 Å². The zero-order chi connectivity index (χ0) is 24.6. The summed E-state index contributed by atoms with van der Waals surface area (Å²) in [6, 6.07) is 3.71. The summed E-state index contributed by atoms with van der Waals surface area (Å²) >= 11 is 0. The van der Waals surface area contributed by atoms with Crippen LogP contribution in [0.5, 0.6) is 0 Å². The molecule has 0 aromatic carbocycles. The van der Waals surface area contributed by atoms with E-state index in [1.807, 2.05) is 6.92 Å². The number of imidazole rings is 1. The van der Waals surface area contributed by atoms with Crippen LogP contribution in [-0.4, -0.2) is 66.8 Å². The van der Waals surface area contributed by atoms with Crippen LogP contribution in [0.4, 0.5) is 21.0 Å². The highest BCUT2D eigenvalue weighted by Gasteiger charge is 2.44. The average Bonchev–Trinajstić information content (AvgIpc) is 3.23. The number of aryl methyl sites for hydroxylation is 1. The normalized spacial score (nSPS) is 22.6. The van der Waals surface area contributed by atoms with Crippen molar-refractivity contribution in [2.75, 3.05) is 18.5 Å². The zero-order valence-electron chi connectivity index (χ0n) is 19.0. The van der Waals surface area contributed by atoms with Gasteiger partial charge >= 0.3 is 6.09 Å². The maximum Gasteiger partial charge on any atom is 0.408 e. The number of ether oxygens (including phenoxy) is 2. The summed E-state index contributed by atoms with van der Waals surface area (Å²) in [6.07, 6.45) is 1.57. The molecule has 0 spiro atoms. The maximum absolute atomic E-state index is 15.0. The molecule has 12 nitrogen and oxygen atoms in total. The Bertz CT molecular complexity index is 1280. The van der Waals surface area contributed by atoms with E-state index in [0.29, 0.717) is 47.2 Å². The van der Waals surface area contributed by atoms with Crippen molar-refractivity contribution in [2.45, 2.75) is 56.5 Å².